The van der Waals surface area contributed by atoms with E-state index in [4.69, 9.17) is 12.2 Å². The zero-order chi connectivity index (χ0) is 23.8. The van der Waals surface area contributed by atoms with E-state index in [2.05, 4.69) is 0 Å². The number of carbonyl (C=O) groups excluding carboxylic acids is 3. The summed E-state index contributed by atoms with van der Waals surface area (Å²) >= 11 is 6.22. The van der Waals surface area contributed by atoms with Crippen LogP contribution >= 0.6 is 24.0 Å². The maximum absolute atomic E-state index is 13.4. The van der Waals surface area contributed by atoms with Gasteiger partial charge in [-0.15, -0.1) is 0 Å². The number of anilines is 1. The van der Waals surface area contributed by atoms with Crippen LogP contribution in [0.25, 0.3) is 6.08 Å². The van der Waals surface area contributed by atoms with Crippen LogP contribution < -0.4 is 4.90 Å². The van der Waals surface area contributed by atoms with Gasteiger partial charge in [0.2, 0.25) is 5.91 Å². The standard InChI is InChI=1S/C23H15F3N2O3S2/c24-23(25,26)15-10-4-5-11-16(15)27-19(29)13-17(20(27)30)28-21(31)18(33-22(28)32)12-6-9-14-7-2-1-3-8-14/h1-12,17H,13H2. The van der Waals surface area contributed by atoms with E-state index in [0.717, 1.165) is 34.4 Å². The Labute approximate surface area is 196 Å². The smallest absolute Gasteiger partial charge is 0.280 e. The van der Waals surface area contributed by atoms with E-state index >= 15 is 0 Å². The van der Waals surface area contributed by atoms with E-state index < -0.39 is 47.6 Å². The van der Waals surface area contributed by atoms with Crippen LogP contribution in [0.5, 0.6) is 0 Å². The van der Waals surface area contributed by atoms with Gasteiger partial charge in [-0.2, -0.15) is 13.2 Å². The summed E-state index contributed by atoms with van der Waals surface area (Å²) in [6.07, 6.45) is -0.221. The topological polar surface area (TPSA) is 57.7 Å². The van der Waals surface area contributed by atoms with Crippen molar-refractivity contribution >= 4 is 57.8 Å². The summed E-state index contributed by atoms with van der Waals surface area (Å²) in [4.78, 5) is 40.3. The third-order valence-corrected chi connectivity index (χ3v) is 6.39. The fourth-order valence-corrected chi connectivity index (χ4v) is 4.86. The number of carbonyl (C=O) groups is 3. The SMILES string of the molecule is O=C1CC(N2C(=O)C(=CC=Cc3ccccc3)SC2=S)C(=O)N1c1ccccc1C(F)(F)F. The molecule has 2 aromatic carbocycles. The first-order valence-corrected chi connectivity index (χ1v) is 10.9. The number of rotatable bonds is 4. The number of hydrogen-bond donors (Lipinski definition) is 0. The molecule has 4 rings (SSSR count). The second-order valence-corrected chi connectivity index (χ2v) is 8.82. The minimum Gasteiger partial charge on any atom is -0.280 e. The highest BCUT2D eigenvalue weighted by Gasteiger charge is 2.50. The van der Waals surface area contributed by atoms with Crippen LogP contribution in [0.3, 0.4) is 0 Å². The van der Waals surface area contributed by atoms with Crippen LogP contribution in [0.1, 0.15) is 17.5 Å². The Bertz CT molecular complexity index is 1210. The van der Waals surface area contributed by atoms with Crippen molar-refractivity contribution in [2.75, 3.05) is 4.90 Å². The zero-order valence-electron chi connectivity index (χ0n) is 16.8. The van der Waals surface area contributed by atoms with Gasteiger partial charge in [-0.3, -0.25) is 19.3 Å². The van der Waals surface area contributed by atoms with Gasteiger partial charge in [0.1, 0.15) is 10.4 Å². The number of thioether (sulfide) groups is 1. The van der Waals surface area contributed by atoms with Crippen molar-refractivity contribution < 1.29 is 27.6 Å². The molecule has 10 heteroatoms. The molecule has 1 atom stereocenters. The van der Waals surface area contributed by atoms with E-state index in [1.54, 1.807) is 18.2 Å². The van der Waals surface area contributed by atoms with Crippen LogP contribution in [-0.4, -0.2) is 33.0 Å². The number of para-hydroxylation sites is 1. The number of thiocarbonyl (C=S) groups is 1. The molecule has 33 heavy (non-hydrogen) atoms. The zero-order valence-corrected chi connectivity index (χ0v) is 18.4. The first-order valence-electron chi connectivity index (χ1n) is 9.70. The van der Waals surface area contributed by atoms with E-state index in [9.17, 15) is 27.6 Å². The Morgan fingerprint density at radius 3 is 2.36 bits per heavy atom. The van der Waals surface area contributed by atoms with Crippen LogP contribution in [0.4, 0.5) is 18.9 Å². The van der Waals surface area contributed by atoms with Crippen molar-refractivity contribution in [2.24, 2.45) is 0 Å². The minimum atomic E-state index is -4.76. The predicted molar refractivity (Wildman–Crippen MR) is 123 cm³/mol. The lowest BCUT2D eigenvalue weighted by Crippen LogP contribution is -2.44. The number of amides is 3. The highest BCUT2D eigenvalue weighted by atomic mass is 32.2. The molecule has 2 aliphatic rings. The number of benzene rings is 2. The molecule has 5 nitrogen and oxygen atoms in total. The van der Waals surface area contributed by atoms with Gasteiger partial charge in [0.25, 0.3) is 11.8 Å². The van der Waals surface area contributed by atoms with Crippen LogP contribution in [0.2, 0.25) is 0 Å². The largest absolute Gasteiger partial charge is 0.418 e. The monoisotopic (exact) mass is 488 g/mol. The van der Waals surface area contributed by atoms with E-state index in [0.29, 0.717) is 4.90 Å². The van der Waals surface area contributed by atoms with Crippen molar-refractivity contribution in [3.63, 3.8) is 0 Å². The third-order valence-electron chi connectivity index (χ3n) is 5.04. The molecule has 1 unspecified atom stereocenters. The van der Waals surface area contributed by atoms with Gasteiger partial charge in [-0.25, -0.2) is 4.90 Å². The molecule has 0 aromatic heterocycles. The molecule has 0 aliphatic carbocycles. The number of allylic oxidation sites excluding steroid dienone is 2. The van der Waals surface area contributed by atoms with Crippen molar-refractivity contribution in [1.29, 1.82) is 0 Å². The van der Waals surface area contributed by atoms with Crippen LogP contribution in [0.15, 0.2) is 71.7 Å². The maximum atomic E-state index is 13.4. The van der Waals surface area contributed by atoms with Crippen LogP contribution in [-0.2, 0) is 20.6 Å². The minimum absolute atomic E-state index is 0.0662. The summed E-state index contributed by atoms with van der Waals surface area (Å²) in [5, 5.41) is 0. The lowest BCUT2D eigenvalue weighted by Gasteiger charge is -2.23. The first kappa shape index (κ1) is 22.9. The first-order chi connectivity index (χ1) is 15.7. The van der Waals surface area contributed by atoms with Gasteiger partial charge in [0.05, 0.1) is 22.6 Å². The molecule has 2 fully saturated rings. The molecule has 2 heterocycles. The summed E-state index contributed by atoms with van der Waals surface area (Å²) in [6.45, 7) is 0. The number of alkyl halides is 3. The Hall–Kier alpha value is -3.24. The summed E-state index contributed by atoms with van der Waals surface area (Å²) < 4.78 is 40.3. The average molecular weight is 489 g/mol. The number of imide groups is 1. The molecule has 0 spiro atoms. The molecule has 0 bridgehead atoms. The maximum Gasteiger partial charge on any atom is 0.418 e. The average Bonchev–Trinajstić information content (AvgIpc) is 3.22. The number of hydrogen-bond acceptors (Lipinski definition) is 5. The van der Waals surface area contributed by atoms with Crippen molar-refractivity contribution in [2.45, 2.75) is 18.6 Å². The lowest BCUT2D eigenvalue weighted by molar-refractivity contribution is -0.137. The Morgan fingerprint density at radius 1 is 1.00 bits per heavy atom. The lowest BCUT2D eigenvalue weighted by atomic mass is 10.1. The molecule has 2 aromatic rings. The normalized spacial score (nSPS) is 20.7. The summed E-state index contributed by atoms with van der Waals surface area (Å²) in [5.74, 6) is -2.32. The molecule has 3 amide bonds. The second-order valence-electron chi connectivity index (χ2n) is 7.15. The fraction of sp³-hybridized carbons (Fsp3) is 0.130. The quantitative estimate of drug-likeness (QED) is 0.352. The molecule has 168 valence electrons. The van der Waals surface area contributed by atoms with Gasteiger partial charge in [-0.1, -0.05) is 78.6 Å². The fourth-order valence-electron chi connectivity index (χ4n) is 3.55. The molecule has 0 N–H and O–H groups in total. The molecular formula is C23H15F3N2O3S2. The van der Waals surface area contributed by atoms with Gasteiger partial charge in [0, 0.05) is 0 Å². The Balaban J connectivity index is 1.58. The van der Waals surface area contributed by atoms with Crippen molar-refractivity contribution in [3.8, 4) is 0 Å². The molecule has 2 aliphatic heterocycles. The molecular weight excluding hydrogens is 473 g/mol. The van der Waals surface area contributed by atoms with Gasteiger partial charge in [0.15, 0.2) is 0 Å². The summed E-state index contributed by atoms with van der Waals surface area (Å²) in [5.41, 5.74) is -0.752. The number of nitrogens with zero attached hydrogens (tertiary/aromatic N) is 2. The second kappa shape index (κ2) is 8.95. The third kappa shape index (κ3) is 4.49. The van der Waals surface area contributed by atoms with E-state index in [-0.39, 0.29) is 9.23 Å². The molecule has 0 radical (unpaired) electrons. The summed E-state index contributed by atoms with van der Waals surface area (Å²) in [6, 6.07) is 12.4. The van der Waals surface area contributed by atoms with E-state index in [1.165, 1.54) is 12.1 Å². The van der Waals surface area contributed by atoms with Crippen LogP contribution in [0, 0.1) is 0 Å². The van der Waals surface area contributed by atoms with Gasteiger partial charge < -0.3 is 0 Å². The Kier molecular flexibility index (Phi) is 6.22. The van der Waals surface area contributed by atoms with Crippen molar-refractivity contribution in [1.82, 2.24) is 4.90 Å². The Morgan fingerprint density at radius 2 is 1.67 bits per heavy atom. The number of halogens is 3. The highest BCUT2D eigenvalue weighted by Crippen LogP contribution is 2.40. The van der Waals surface area contributed by atoms with Gasteiger partial charge in [-0.05, 0) is 23.8 Å². The predicted octanol–water partition coefficient (Wildman–Crippen LogP) is 4.79. The van der Waals surface area contributed by atoms with Crippen molar-refractivity contribution in [3.05, 3.63) is 82.8 Å². The van der Waals surface area contributed by atoms with E-state index in [1.807, 2.05) is 30.3 Å². The molecule has 2 saturated heterocycles. The summed E-state index contributed by atoms with van der Waals surface area (Å²) in [7, 11) is 0. The molecule has 0 saturated carbocycles. The van der Waals surface area contributed by atoms with Gasteiger partial charge >= 0.3 is 6.18 Å². The highest BCUT2D eigenvalue weighted by molar-refractivity contribution is 8.26.